The maximum Gasteiger partial charge on any atom is 0.0991 e. The van der Waals surface area contributed by atoms with E-state index in [4.69, 9.17) is 9.72 Å². The van der Waals surface area contributed by atoms with Gasteiger partial charge in [-0.05, 0) is 55.8 Å². The Bertz CT molecular complexity index is 1370. The molecule has 1 aliphatic heterocycles. The zero-order valence-electron chi connectivity index (χ0n) is 18.7. The molecule has 0 atom stereocenters. The van der Waals surface area contributed by atoms with E-state index in [0.717, 1.165) is 76.8 Å². The molecule has 3 aromatic heterocycles. The molecule has 1 aromatic carbocycles. The van der Waals surface area contributed by atoms with E-state index in [-0.39, 0.29) is 0 Å². The number of pyridine rings is 3. The number of hydrogen-bond donors (Lipinski definition) is 1. The molecule has 1 saturated heterocycles. The van der Waals surface area contributed by atoms with Crippen LogP contribution in [0.2, 0.25) is 0 Å². The topological polar surface area (TPSA) is 87.0 Å². The van der Waals surface area contributed by atoms with E-state index in [0.29, 0.717) is 5.56 Å². The molecule has 1 N–H and O–H groups in total. The molecule has 7 nitrogen and oxygen atoms in total. The van der Waals surface area contributed by atoms with Gasteiger partial charge in [0.2, 0.25) is 0 Å². The van der Waals surface area contributed by atoms with E-state index in [9.17, 15) is 5.26 Å². The zero-order valence-corrected chi connectivity index (χ0v) is 18.7. The van der Waals surface area contributed by atoms with Crippen molar-refractivity contribution in [3.63, 3.8) is 0 Å². The van der Waals surface area contributed by atoms with Gasteiger partial charge in [-0.2, -0.15) is 5.26 Å². The number of nitrogens with zero attached hydrogens (tertiary/aromatic N) is 5. The Kier molecular flexibility index (Phi) is 5.59. The fraction of sp³-hybridized carbons (Fsp3) is 0.231. The largest absolute Gasteiger partial charge is 0.378 e. The molecular formula is C26H24N6O. The van der Waals surface area contributed by atoms with Crippen molar-refractivity contribution in [2.45, 2.75) is 13.8 Å². The van der Waals surface area contributed by atoms with Crippen LogP contribution in [0.5, 0.6) is 0 Å². The second kappa shape index (κ2) is 8.85. The first kappa shape index (κ1) is 20.9. The van der Waals surface area contributed by atoms with E-state index >= 15 is 0 Å². The number of aryl methyl sites for hydroxylation is 1. The molecule has 0 spiro atoms. The molecule has 0 saturated carbocycles. The molecule has 4 heterocycles. The van der Waals surface area contributed by atoms with E-state index in [1.54, 1.807) is 12.3 Å². The van der Waals surface area contributed by atoms with E-state index < -0.39 is 0 Å². The summed E-state index contributed by atoms with van der Waals surface area (Å²) in [5, 5.41) is 13.9. The predicted molar refractivity (Wildman–Crippen MR) is 130 cm³/mol. The standard InChI is InChI=1S/C26H24N6O/c1-17-5-6-29-24(11-17)26-18(2)25(22-12-19(14-27)3-4-23(22)31-26)30-20-13-21(16-28-15-20)32-7-9-33-10-8-32/h3-6,11-13,15-16H,7-10H2,1-2H3,(H,30,31). The lowest BCUT2D eigenvalue weighted by molar-refractivity contribution is 0.122. The summed E-state index contributed by atoms with van der Waals surface area (Å²) in [6.07, 6.45) is 5.50. The third-order valence-electron chi connectivity index (χ3n) is 5.88. The second-order valence-corrected chi connectivity index (χ2v) is 8.18. The fourth-order valence-corrected chi connectivity index (χ4v) is 4.14. The second-order valence-electron chi connectivity index (χ2n) is 8.18. The van der Waals surface area contributed by atoms with E-state index in [1.165, 1.54) is 0 Å². The molecule has 0 unspecified atom stereocenters. The number of anilines is 3. The summed E-state index contributed by atoms with van der Waals surface area (Å²) >= 11 is 0. The molecule has 164 valence electrons. The lowest BCUT2D eigenvalue weighted by Crippen LogP contribution is -2.36. The average molecular weight is 437 g/mol. The van der Waals surface area contributed by atoms with Crippen molar-refractivity contribution in [3.05, 3.63) is 71.7 Å². The van der Waals surface area contributed by atoms with Crippen molar-refractivity contribution in [1.82, 2.24) is 15.0 Å². The highest BCUT2D eigenvalue weighted by molar-refractivity contribution is 5.98. The highest BCUT2D eigenvalue weighted by atomic mass is 16.5. The Balaban J connectivity index is 1.63. The Hall–Kier alpha value is -4.02. The highest BCUT2D eigenvalue weighted by Crippen LogP contribution is 2.35. The van der Waals surface area contributed by atoms with Crippen LogP contribution in [0.15, 0.2) is 55.0 Å². The van der Waals surface area contributed by atoms with Crippen LogP contribution in [0.1, 0.15) is 16.7 Å². The Morgan fingerprint density at radius 3 is 2.70 bits per heavy atom. The van der Waals surface area contributed by atoms with E-state index in [2.05, 4.69) is 32.3 Å². The number of rotatable bonds is 4. The first-order chi connectivity index (χ1) is 16.1. The van der Waals surface area contributed by atoms with Crippen LogP contribution >= 0.6 is 0 Å². The van der Waals surface area contributed by atoms with Crippen molar-refractivity contribution < 1.29 is 4.74 Å². The first-order valence-electron chi connectivity index (χ1n) is 10.9. The Labute approximate surface area is 192 Å². The number of fused-ring (bicyclic) bond motifs is 1. The zero-order chi connectivity index (χ0) is 22.8. The molecule has 7 heteroatoms. The number of hydrogen-bond acceptors (Lipinski definition) is 7. The van der Waals surface area contributed by atoms with E-state index in [1.807, 2.05) is 50.5 Å². The van der Waals surface area contributed by atoms with Gasteiger partial charge in [-0.1, -0.05) is 0 Å². The molecule has 5 rings (SSSR count). The lowest BCUT2D eigenvalue weighted by Gasteiger charge is -2.28. The highest BCUT2D eigenvalue weighted by Gasteiger charge is 2.17. The molecule has 0 radical (unpaired) electrons. The van der Waals surface area contributed by atoms with Gasteiger partial charge < -0.3 is 15.0 Å². The van der Waals surface area contributed by atoms with Crippen molar-refractivity contribution in [3.8, 4) is 17.5 Å². The number of nitrogens with one attached hydrogen (secondary N) is 1. The smallest absolute Gasteiger partial charge is 0.0991 e. The number of morpholine rings is 1. The summed E-state index contributed by atoms with van der Waals surface area (Å²) in [5.41, 5.74) is 7.95. The monoisotopic (exact) mass is 436 g/mol. The van der Waals surface area contributed by atoms with Crippen LogP contribution < -0.4 is 10.2 Å². The molecule has 1 aliphatic rings. The SMILES string of the molecule is Cc1ccnc(-c2nc3ccc(C#N)cc3c(Nc3cncc(N4CCOCC4)c3)c2C)c1. The third-order valence-corrected chi connectivity index (χ3v) is 5.88. The van der Waals surface area contributed by atoms with Gasteiger partial charge in [-0.3, -0.25) is 9.97 Å². The molecule has 0 amide bonds. The maximum absolute atomic E-state index is 9.46. The number of ether oxygens (including phenoxy) is 1. The minimum absolute atomic E-state index is 0.591. The van der Waals surface area contributed by atoms with Crippen LogP contribution in [0, 0.1) is 25.2 Å². The van der Waals surface area contributed by atoms with Gasteiger partial charge in [0.1, 0.15) is 0 Å². The van der Waals surface area contributed by atoms with Crippen LogP contribution in [0.25, 0.3) is 22.3 Å². The minimum atomic E-state index is 0.591. The van der Waals surface area contributed by atoms with Crippen LogP contribution in [0.4, 0.5) is 17.1 Å². The van der Waals surface area contributed by atoms with Crippen LogP contribution in [-0.4, -0.2) is 41.3 Å². The van der Waals surface area contributed by atoms with Gasteiger partial charge in [0, 0.05) is 30.2 Å². The summed E-state index contributed by atoms with van der Waals surface area (Å²) in [6, 6.07) is 13.9. The normalized spacial score (nSPS) is 13.7. The van der Waals surface area contributed by atoms with Crippen LogP contribution in [-0.2, 0) is 4.74 Å². The summed E-state index contributed by atoms with van der Waals surface area (Å²) < 4.78 is 5.48. The van der Waals surface area contributed by atoms with Crippen molar-refractivity contribution in [2.75, 3.05) is 36.5 Å². The summed E-state index contributed by atoms with van der Waals surface area (Å²) in [5.74, 6) is 0. The molecule has 0 bridgehead atoms. The van der Waals surface area contributed by atoms with Crippen molar-refractivity contribution in [1.29, 1.82) is 5.26 Å². The molecule has 0 aliphatic carbocycles. The minimum Gasteiger partial charge on any atom is -0.378 e. The number of aromatic nitrogens is 3. The Morgan fingerprint density at radius 2 is 1.91 bits per heavy atom. The fourth-order valence-electron chi connectivity index (χ4n) is 4.14. The average Bonchev–Trinajstić information content (AvgIpc) is 2.86. The lowest BCUT2D eigenvalue weighted by atomic mass is 10.0. The predicted octanol–water partition coefficient (Wildman–Crippen LogP) is 4.76. The van der Waals surface area contributed by atoms with Gasteiger partial charge in [-0.25, -0.2) is 4.98 Å². The van der Waals surface area contributed by atoms with Crippen LogP contribution in [0.3, 0.4) is 0 Å². The number of benzene rings is 1. The quantitative estimate of drug-likeness (QED) is 0.493. The third kappa shape index (κ3) is 4.21. The first-order valence-corrected chi connectivity index (χ1v) is 10.9. The maximum atomic E-state index is 9.46. The van der Waals surface area contributed by atoms with Crippen molar-refractivity contribution >= 4 is 28.0 Å². The van der Waals surface area contributed by atoms with Gasteiger partial charge in [0.25, 0.3) is 0 Å². The van der Waals surface area contributed by atoms with Crippen molar-refractivity contribution in [2.24, 2.45) is 0 Å². The summed E-state index contributed by atoms with van der Waals surface area (Å²) in [7, 11) is 0. The molecule has 1 fully saturated rings. The molecule has 33 heavy (non-hydrogen) atoms. The molecular weight excluding hydrogens is 412 g/mol. The van der Waals surface area contributed by atoms with Gasteiger partial charge in [-0.15, -0.1) is 0 Å². The van der Waals surface area contributed by atoms with Gasteiger partial charge in [0.15, 0.2) is 0 Å². The Morgan fingerprint density at radius 1 is 1.06 bits per heavy atom. The summed E-state index contributed by atoms with van der Waals surface area (Å²) in [4.78, 5) is 16.2. The van der Waals surface area contributed by atoms with Gasteiger partial charge >= 0.3 is 0 Å². The van der Waals surface area contributed by atoms with Gasteiger partial charge in [0.05, 0.1) is 71.2 Å². The molecule has 4 aromatic rings. The summed E-state index contributed by atoms with van der Waals surface area (Å²) in [6.45, 7) is 7.20. The number of nitriles is 1.